The van der Waals surface area contributed by atoms with Crippen molar-refractivity contribution in [1.29, 1.82) is 0 Å². The number of hydrogen-bond acceptors (Lipinski definition) is 0. The van der Waals surface area contributed by atoms with E-state index in [1.165, 1.54) is 21.7 Å². The van der Waals surface area contributed by atoms with Gasteiger partial charge in [0.1, 0.15) is 0 Å². The molecule has 0 N–H and O–H groups in total. The first-order chi connectivity index (χ1) is 26.7. The molecule has 0 saturated carbocycles. The highest BCUT2D eigenvalue weighted by atomic mass is 15.0. The van der Waals surface area contributed by atoms with E-state index in [1.807, 2.05) is 12.1 Å². The Bertz CT molecular complexity index is 3060. The van der Waals surface area contributed by atoms with Crippen LogP contribution in [0.1, 0.15) is 0 Å². The van der Waals surface area contributed by atoms with Crippen LogP contribution in [0.3, 0.4) is 0 Å². The molecule has 0 aliphatic carbocycles. The molecule has 0 bridgehead atoms. The van der Waals surface area contributed by atoms with Gasteiger partial charge in [-0.15, -0.1) is 0 Å². The summed E-state index contributed by atoms with van der Waals surface area (Å²) in [5.74, 6) is 0. The van der Waals surface area contributed by atoms with E-state index in [9.17, 15) is 0 Å². The van der Waals surface area contributed by atoms with E-state index in [1.54, 1.807) is 18.2 Å². The van der Waals surface area contributed by atoms with Crippen LogP contribution in [0.2, 0.25) is 0 Å². The Morgan fingerprint density at radius 1 is 0.389 bits per heavy atom. The molecule has 0 atom stereocenters. The van der Waals surface area contributed by atoms with Crippen LogP contribution in [-0.2, 0) is 0 Å². The fourth-order valence-electron chi connectivity index (χ4n) is 8.30. The van der Waals surface area contributed by atoms with E-state index < -0.39 is 0 Å². The Kier molecular flexibility index (Phi) is 7.22. The van der Waals surface area contributed by atoms with E-state index in [2.05, 4.69) is 170 Å². The van der Waals surface area contributed by atoms with Gasteiger partial charge in [-0.05, 0) is 64.7 Å². The Hall–Kier alpha value is -7.66. The van der Waals surface area contributed by atoms with Crippen LogP contribution in [0.5, 0.6) is 0 Å². The van der Waals surface area contributed by atoms with Gasteiger partial charge >= 0.3 is 0 Å². The quantitative estimate of drug-likeness (QED) is 0.161. The number of fused-ring (bicyclic) bond motifs is 7. The van der Waals surface area contributed by atoms with Gasteiger partial charge in [-0.3, -0.25) is 0 Å². The van der Waals surface area contributed by atoms with Crippen LogP contribution in [0, 0.1) is 13.1 Å². The fourth-order valence-corrected chi connectivity index (χ4v) is 8.30. The van der Waals surface area contributed by atoms with Gasteiger partial charge in [-0.1, -0.05) is 140 Å². The molecule has 0 amide bonds. The summed E-state index contributed by atoms with van der Waals surface area (Å²) in [7, 11) is 0. The van der Waals surface area contributed by atoms with E-state index in [0.717, 1.165) is 61.1 Å². The summed E-state index contributed by atoms with van der Waals surface area (Å²) in [5.41, 5.74) is 13.2. The van der Waals surface area contributed by atoms with Gasteiger partial charge in [0.15, 0.2) is 11.4 Å². The molecule has 250 valence electrons. The standard InChI is InChI=1S/C50H30N4/c1-51-42-25-16-26-43(52-2)47(42)35-31-40(33-17-6-3-7-18-33)49(41(32-35)34-19-8-4-9-20-34)54-45-28-15-13-24-39(45)48-46(54)30-29-38-37-23-12-14-27-44(37)53(50(38)48)36-21-10-5-11-22-36/h3-32H. The van der Waals surface area contributed by atoms with Crippen molar-refractivity contribution in [3.8, 4) is 44.8 Å². The van der Waals surface area contributed by atoms with Gasteiger partial charge in [-0.25, -0.2) is 9.69 Å². The van der Waals surface area contributed by atoms with Crippen molar-refractivity contribution >= 4 is 55.0 Å². The number of nitrogens with zero attached hydrogens (tertiary/aromatic N) is 4. The van der Waals surface area contributed by atoms with Gasteiger partial charge < -0.3 is 9.13 Å². The highest BCUT2D eigenvalue weighted by Gasteiger charge is 2.25. The maximum absolute atomic E-state index is 8.08. The molecule has 8 aromatic carbocycles. The van der Waals surface area contributed by atoms with Gasteiger partial charge in [0, 0.05) is 38.4 Å². The SMILES string of the molecule is [C-]#[N+]c1cccc([N+]#[C-])c1-c1cc(-c2ccccc2)c(-n2c3ccccc3c3c2ccc2c4ccccc4n(-c4ccccc4)c23)c(-c2ccccc2)c1. The minimum absolute atomic E-state index is 0.460. The molecule has 54 heavy (non-hydrogen) atoms. The third kappa shape index (κ3) is 4.68. The van der Waals surface area contributed by atoms with Crippen molar-refractivity contribution in [2.45, 2.75) is 0 Å². The number of aromatic nitrogens is 2. The monoisotopic (exact) mass is 686 g/mol. The number of benzene rings is 8. The number of rotatable bonds is 5. The second-order valence-electron chi connectivity index (χ2n) is 13.4. The first-order valence-electron chi connectivity index (χ1n) is 17.9. The topological polar surface area (TPSA) is 18.6 Å². The van der Waals surface area contributed by atoms with Crippen LogP contribution in [0.15, 0.2) is 182 Å². The van der Waals surface area contributed by atoms with Crippen LogP contribution >= 0.6 is 0 Å². The summed E-state index contributed by atoms with van der Waals surface area (Å²) >= 11 is 0. The summed E-state index contributed by atoms with van der Waals surface area (Å²) in [6.45, 7) is 16.2. The van der Waals surface area contributed by atoms with Crippen molar-refractivity contribution in [2.75, 3.05) is 0 Å². The number of para-hydroxylation sites is 3. The van der Waals surface area contributed by atoms with Gasteiger partial charge in [0.2, 0.25) is 0 Å². The van der Waals surface area contributed by atoms with E-state index in [4.69, 9.17) is 13.1 Å². The zero-order chi connectivity index (χ0) is 36.2. The molecule has 0 radical (unpaired) electrons. The zero-order valence-electron chi connectivity index (χ0n) is 29.1. The molecule has 0 aliphatic heterocycles. The lowest BCUT2D eigenvalue weighted by molar-refractivity contribution is 1.18. The molecule has 4 nitrogen and oxygen atoms in total. The predicted molar refractivity (Wildman–Crippen MR) is 224 cm³/mol. The molecule has 0 fully saturated rings. The smallest absolute Gasteiger partial charge is 0.184 e. The molecular formula is C50H30N4. The van der Waals surface area contributed by atoms with Crippen LogP contribution in [0.4, 0.5) is 11.4 Å². The average molecular weight is 687 g/mol. The lowest BCUT2D eigenvalue weighted by Crippen LogP contribution is -2.02. The van der Waals surface area contributed by atoms with Crippen molar-refractivity contribution in [3.63, 3.8) is 0 Å². The normalized spacial score (nSPS) is 11.3. The van der Waals surface area contributed by atoms with E-state index in [0.29, 0.717) is 16.9 Å². The maximum atomic E-state index is 8.08. The Morgan fingerprint density at radius 2 is 0.907 bits per heavy atom. The number of hydrogen-bond donors (Lipinski definition) is 0. The van der Waals surface area contributed by atoms with E-state index >= 15 is 0 Å². The molecular weight excluding hydrogens is 657 g/mol. The molecule has 0 saturated heterocycles. The van der Waals surface area contributed by atoms with Crippen LogP contribution in [0.25, 0.3) is 98.1 Å². The molecule has 4 heteroatoms. The third-order valence-electron chi connectivity index (χ3n) is 10.5. The zero-order valence-corrected chi connectivity index (χ0v) is 29.1. The molecule has 0 unspecified atom stereocenters. The maximum Gasteiger partial charge on any atom is 0.184 e. The molecule has 2 aromatic heterocycles. The fraction of sp³-hybridized carbons (Fsp3) is 0. The molecule has 10 rings (SSSR count). The predicted octanol–water partition coefficient (Wildman–Crippen LogP) is 14.0. The minimum atomic E-state index is 0.460. The molecule has 10 aromatic rings. The molecule has 0 spiro atoms. The summed E-state index contributed by atoms with van der Waals surface area (Å²) in [6.07, 6.45) is 0. The average Bonchev–Trinajstić information content (AvgIpc) is 3.76. The summed E-state index contributed by atoms with van der Waals surface area (Å²) in [4.78, 5) is 7.79. The van der Waals surface area contributed by atoms with Crippen molar-refractivity contribution in [3.05, 3.63) is 205 Å². The van der Waals surface area contributed by atoms with Gasteiger partial charge in [0.05, 0.1) is 40.9 Å². The van der Waals surface area contributed by atoms with E-state index in [-0.39, 0.29) is 0 Å². The Labute approximate surface area is 312 Å². The first kappa shape index (κ1) is 31.1. The van der Waals surface area contributed by atoms with Crippen LogP contribution in [-0.4, -0.2) is 9.13 Å². The first-order valence-corrected chi connectivity index (χ1v) is 17.9. The summed E-state index contributed by atoms with van der Waals surface area (Å²) < 4.78 is 4.85. The molecule has 0 aliphatic rings. The largest absolute Gasteiger partial charge is 0.309 e. The van der Waals surface area contributed by atoms with Gasteiger partial charge in [0.25, 0.3) is 0 Å². The summed E-state index contributed by atoms with van der Waals surface area (Å²) in [5, 5.41) is 4.75. The lowest BCUT2D eigenvalue weighted by atomic mass is 9.89. The summed E-state index contributed by atoms with van der Waals surface area (Å²) in [6, 6.07) is 63.3. The second-order valence-corrected chi connectivity index (χ2v) is 13.4. The van der Waals surface area contributed by atoms with Crippen molar-refractivity contribution < 1.29 is 0 Å². The highest BCUT2D eigenvalue weighted by Crippen LogP contribution is 2.48. The second kappa shape index (κ2) is 12.5. The van der Waals surface area contributed by atoms with Crippen LogP contribution < -0.4 is 0 Å². The van der Waals surface area contributed by atoms with Crippen molar-refractivity contribution in [2.24, 2.45) is 0 Å². The minimum Gasteiger partial charge on any atom is -0.309 e. The third-order valence-corrected chi connectivity index (χ3v) is 10.5. The molecule has 2 heterocycles. The highest BCUT2D eigenvalue weighted by molar-refractivity contribution is 6.26. The Balaban J connectivity index is 1.42. The lowest BCUT2D eigenvalue weighted by Gasteiger charge is -2.22. The Morgan fingerprint density at radius 3 is 1.50 bits per heavy atom. The van der Waals surface area contributed by atoms with Crippen molar-refractivity contribution in [1.82, 2.24) is 9.13 Å². The van der Waals surface area contributed by atoms with Gasteiger partial charge in [-0.2, -0.15) is 0 Å².